The second-order valence-electron chi connectivity index (χ2n) is 6.07. The lowest BCUT2D eigenvalue weighted by Crippen LogP contribution is -2.47. The van der Waals surface area contributed by atoms with E-state index in [1.165, 1.54) is 12.0 Å². The molecule has 0 radical (unpaired) electrons. The van der Waals surface area contributed by atoms with Crippen LogP contribution in [0.15, 0.2) is 30.3 Å². The number of nitrogens with two attached hydrogens (primary N) is 1. The van der Waals surface area contributed by atoms with Gasteiger partial charge in [-0.05, 0) is 50.3 Å². The third-order valence-electron chi connectivity index (χ3n) is 4.77. The van der Waals surface area contributed by atoms with Crippen LogP contribution in [0.1, 0.15) is 30.7 Å². The molecule has 21 heavy (non-hydrogen) atoms. The summed E-state index contributed by atoms with van der Waals surface area (Å²) in [6, 6.07) is 11.1. The largest absolute Gasteiger partial charge is 0.358 e. The summed E-state index contributed by atoms with van der Waals surface area (Å²) in [7, 11) is 3.72. The highest BCUT2D eigenvalue weighted by atomic mass is 16.1. The van der Waals surface area contributed by atoms with E-state index in [4.69, 9.17) is 5.73 Å². The maximum Gasteiger partial charge on any atom is 0.233 e. The van der Waals surface area contributed by atoms with E-state index in [9.17, 15) is 4.79 Å². The van der Waals surface area contributed by atoms with Crippen molar-refractivity contribution in [2.45, 2.75) is 31.2 Å². The van der Waals surface area contributed by atoms with Crippen LogP contribution in [0.2, 0.25) is 0 Å². The van der Waals surface area contributed by atoms with Crippen molar-refractivity contribution in [3.8, 4) is 0 Å². The number of carbonyl (C=O) groups excluding carboxylic acids is 1. The molecule has 116 valence electrons. The van der Waals surface area contributed by atoms with Crippen LogP contribution >= 0.6 is 0 Å². The molecule has 3 N–H and O–H groups in total. The third kappa shape index (κ3) is 4.05. The molecule has 3 unspecified atom stereocenters. The minimum Gasteiger partial charge on any atom is -0.358 e. The van der Waals surface area contributed by atoms with Crippen LogP contribution in [0.25, 0.3) is 0 Å². The smallest absolute Gasteiger partial charge is 0.233 e. The number of rotatable bonds is 5. The van der Waals surface area contributed by atoms with Gasteiger partial charge in [-0.1, -0.05) is 30.3 Å². The molecule has 0 aromatic heterocycles. The Bertz CT molecular complexity index is 449. The predicted octanol–water partition coefficient (Wildman–Crippen LogP) is 1.58. The highest BCUT2D eigenvalue weighted by molar-refractivity contribution is 5.77. The second kappa shape index (κ2) is 7.57. The van der Waals surface area contributed by atoms with Crippen molar-refractivity contribution in [2.24, 2.45) is 11.7 Å². The number of likely N-dealkylation sites (N-methyl/N-ethyl adjacent to an activating group) is 2. The molecule has 0 saturated heterocycles. The van der Waals surface area contributed by atoms with E-state index in [0.717, 1.165) is 12.8 Å². The van der Waals surface area contributed by atoms with Crippen LogP contribution in [0.5, 0.6) is 0 Å². The van der Waals surface area contributed by atoms with Crippen molar-refractivity contribution in [1.29, 1.82) is 0 Å². The van der Waals surface area contributed by atoms with Crippen molar-refractivity contribution in [3.63, 3.8) is 0 Å². The molecule has 0 aliphatic heterocycles. The minimum absolute atomic E-state index is 0.0649. The van der Waals surface area contributed by atoms with Crippen LogP contribution in [0.3, 0.4) is 0 Å². The van der Waals surface area contributed by atoms with E-state index in [2.05, 4.69) is 40.5 Å². The zero-order valence-electron chi connectivity index (χ0n) is 13.1. The zero-order valence-corrected chi connectivity index (χ0v) is 13.1. The number of carbonyl (C=O) groups is 1. The Labute approximate surface area is 127 Å². The lowest BCUT2D eigenvalue weighted by molar-refractivity contribution is -0.122. The molecule has 1 aliphatic rings. The summed E-state index contributed by atoms with van der Waals surface area (Å²) in [5, 5.41) is 2.70. The number of nitrogens with zero attached hydrogens (tertiary/aromatic N) is 1. The predicted molar refractivity (Wildman–Crippen MR) is 86.1 cm³/mol. The molecule has 4 heteroatoms. The van der Waals surface area contributed by atoms with Gasteiger partial charge < -0.3 is 11.1 Å². The van der Waals surface area contributed by atoms with Crippen molar-refractivity contribution in [3.05, 3.63) is 35.9 Å². The third-order valence-corrected chi connectivity index (χ3v) is 4.77. The first-order chi connectivity index (χ1) is 10.2. The van der Waals surface area contributed by atoms with Gasteiger partial charge in [-0.25, -0.2) is 0 Å². The molecule has 1 saturated carbocycles. The van der Waals surface area contributed by atoms with Gasteiger partial charge in [0.15, 0.2) is 0 Å². The molecule has 1 fully saturated rings. The standard InChI is InChI=1S/C17H27N3O/c1-19-17(21)12-20(2)16-10-14(8-9-15(16)11-18)13-6-4-3-5-7-13/h3-7,14-16H,8-12,18H2,1-2H3,(H,19,21). The highest BCUT2D eigenvalue weighted by Crippen LogP contribution is 2.37. The normalized spacial score (nSPS) is 25.8. The molecular weight excluding hydrogens is 262 g/mol. The van der Waals surface area contributed by atoms with E-state index >= 15 is 0 Å². The summed E-state index contributed by atoms with van der Waals surface area (Å²) in [5.74, 6) is 1.13. The Hall–Kier alpha value is -1.39. The molecule has 1 aromatic carbocycles. The summed E-state index contributed by atoms with van der Waals surface area (Å²) in [5.41, 5.74) is 7.36. The van der Waals surface area contributed by atoms with E-state index in [1.54, 1.807) is 7.05 Å². The average molecular weight is 289 g/mol. The van der Waals surface area contributed by atoms with Gasteiger partial charge in [0.2, 0.25) is 5.91 Å². The van der Waals surface area contributed by atoms with Crippen LogP contribution in [-0.2, 0) is 4.79 Å². The lowest BCUT2D eigenvalue weighted by atomic mass is 9.75. The van der Waals surface area contributed by atoms with Gasteiger partial charge >= 0.3 is 0 Å². The number of benzene rings is 1. The number of amides is 1. The van der Waals surface area contributed by atoms with Crippen molar-refractivity contribution >= 4 is 5.91 Å². The minimum atomic E-state index is 0.0649. The molecule has 0 bridgehead atoms. The Morgan fingerprint density at radius 1 is 1.33 bits per heavy atom. The molecule has 1 aliphatic carbocycles. The molecule has 2 rings (SSSR count). The quantitative estimate of drug-likeness (QED) is 0.865. The van der Waals surface area contributed by atoms with Gasteiger partial charge in [0.25, 0.3) is 0 Å². The molecule has 1 amide bonds. The monoisotopic (exact) mass is 289 g/mol. The first-order valence-corrected chi connectivity index (χ1v) is 7.81. The van der Waals surface area contributed by atoms with E-state index in [1.807, 2.05) is 7.05 Å². The highest BCUT2D eigenvalue weighted by Gasteiger charge is 2.33. The zero-order chi connectivity index (χ0) is 15.2. The Balaban J connectivity index is 2.07. The van der Waals surface area contributed by atoms with Gasteiger partial charge in [-0.15, -0.1) is 0 Å². The topological polar surface area (TPSA) is 58.4 Å². The maximum absolute atomic E-state index is 11.6. The van der Waals surface area contributed by atoms with E-state index < -0.39 is 0 Å². The van der Waals surface area contributed by atoms with Crippen LogP contribution in [0, 0.1) is 5.92 Å². The lowest BCUT2D eigenvalue weighted by Gasteiger charge is -2.40. The first-order valence-electron chi connectivity index (χ1n) is 7.81. The molecule has 0 spiro atoms. The number of nitrogens with one attached hydrogen (secondary N) is 1. The van der Waals surface area contributed by atoms with Gasteiger partial charge in [-0.3, -0.25) is 9.69 Å². The van der Waals surface area contributed by atoms with Crippen molar-refractivity contribution in [1.82, 2.24) is 10.2 Å². The van der Waals surface area contributed by atoms with Crippen molar-refractivity contribution in [2.75, 3.05) is 27.2 Å². The summed E-state index contributed by atoms with van der Waals surface area (Å²) in [6.07, 6.45) is 3.41. The van der Waals surface area contributed by atoms with Crippen molar-refractivity contribution < 1.29 is 4.79 Å². The van der Waals surface area contributed by atoms with Gasteiger partial charge in [0, 0.05) is 13.1 Å². The van der Waals surface area contributed by atoms with Crippen LogP contribution in [-0.4, -0.2) is 44.0 Å². The number of hydrogen-bond acceptors (Lipinski definition) is 3. The number of hydrogen-bond donors (Lipinski definition) is 2. The SMILES string of the molecule is CNC(=O)CN(C)C1CC(c2ccccc2)CCC1CN. The summed E-state index contributed by atoms with van der Waals surface area (Å²) in [6.45, 7) is 1.14. The summed E-state index contributed by atoms with van der Waals surface area (Å²) >= 11 is 0. The van der Waals surface area contributed by atoms with Gasteiger partial charge in [0.1, 0.15) is 0 Å². The fraction of sp³-hybridized carbons (Fsp3) is 0.588. The second-order valence-corrected chi connectivity index (χ2v) is 6.07. The Kier molecular flexibility index (Phi) is 5.76. The summed E-state index contributed by atoms with van der Waals surface area (Å²) in [4.78, 5) is 13.8. The van der Waals surface area contributed by atoms with Crippen LogP contribution < -0.4 is 11.1 Å². The average Bonchev–Trinajstić information content (AvgIpc) is 2.54. The molecular formula is C17H27N3O. The summed E-state index contributed by atoms with van der Waals surface area (Å²) < 4.78 is 0. The Morgan fingerprint density at radius 3 is 2.67 bits per heavy atom. The molecule has 1 aromatic rings. The first kappa shape index (κ1) is 16.0. The fourth-order valence-corrected chi connectivity index (χ4v) is 3.48. The molecule has 4 nitrogen and oxygen atoms in total. The Morgan fingerprint density at radius 2 is 2.05 bits per heavy atom. The van der Waals surface area contributed by atoms with Gasteiger partial charge in [0.05, 0.1) is 6.54 Å². The molecule has 3 atom stereocenters. The van der Waals surface area contributed by atoms with Gasteiger partial charge in [-0.2, -0.15) is 0 Å². The van der Waals surface area contributed by atoms with E-state index in [0.29, 0.717) is 31.0 Å². The van der Waals surface area contributed by atoms with E-state index in [-0.39, 0.29) is 5.91 Å². The fourth-order valence-electron chi connectivity index (χ4n) is 3.48. The molecule has 0 heterocycles. The maximum atomic E-state index is 11.6. The van der Waals surface area contributed by atoms with Crippen LogP contribution in [0.4, 0.5) is 0 Å².